The molecule has 0 radical (unpaired) electrons. The van der Waals surface area contributed by atoms with E-state index in [-0.39, 0.29) is 17.7 Å². The van der Waals surface area contributed by atoms with Gasteiger partial charge in [0, 0.05) is 0 Å². The molecule has 2 N–H and O–H groups in total. The highest BCUT2D eigenvalue weighted by Gasteiger charge is 2.45. The van der Waals surface area contributed by atoms with Crippen LogP contribution < -0.4 is 5.32 Å². The lowest BCUT2D eigenvalue weighted by Crippen LogP contribution is -2.30. The summed E-state index contributed by atoms with van der Waals surface area (Å²) in [7, 11) is -5.07. The minimum atomic E-state index is -5.47. The minimum absolute atomic E-state index is 0.0430. The van der Waals surface area contributed by atoms with Crippen molar-refractivity contribution in [1.29, 1.82) is 0 Å². The Kier molecular flexibility index (Phi) is 6.92. The molecule has 2 aromatic heterocycles. The summed E-state index contributed by atoms with van der Waals surface area (Å²) in [5.41, 5.74) is -0.252. The van der Waals surface area contributed by atoms with Gasteiger partial charge >= 0.3 is 31.8 Å². The van der Waals surface area contributed by atoms with E-state index in [1.807, 2.05) is 0 Å². The molecule has 0 aromatic carbocycles. The van der Waals surface area contributed by atoms with Crippen molar-refractivity contribution in [2.45, 2.75) is 31.9 Å². The quantitative estimate of drug-likeness (QED) is 0.450. The van der Waals surface area contributed by atoms with Crippen molar-refractivity contribution in [2.24, 2.45) is 0 Å². The smallest absolute Gasteiger partial charge is 0.383 e. The fourth-order valence-electron chi connectivity index (χ4n) is 2.04. The fourth-order valence-corrected chi connectivity index (χ4v) is 2.90. The van der Waals surface area contributed by atoms with Crippen LogP contribution in [0.5, 0.6) is 0 Å². The highest BCUT2D eigenvalue weighted by Crippen LogP contribution is 2.44. The van der Waals surface area contributed by atoms with E-state index in [1.165, 1.54) is 16.8 Å². The molecule has 1 unspecified atom stereocenters. The lowest BCUT2D eigenvalue weighted by Gasteiger charge is -2.17. The third-order valence-corrected chi connectivity index (χ3v) is 4.25. The number of nitrogens with zero attached hydrogens (tertiary/aromatic N) is 4. The zero-order chi connectivity index (χ0) is 23.6. The SMILES string of the molecule is C[C@H](Cn1cnc2c(NC(=O)C(F)(F)F)ncnc21)OCP(=O)(O)OC(=O)C(F)(F)F. The van der Waals surface area contributed by atoms with Crippen LogP contribution in [0.3, 0.4) is 0 Å². The number of anilines is 1. The molecule has 1 amide bonds. The number of rotatable bonds is 7. The van der Waals surface area contributed by atoms with E-state index in [0.717, 1.165) is 12.7 Å². The standard InChI is InChI=1S/C13H12F6N5O6P/c1-6(29-5-31(27,28)30-11(26)13(17,18)19)2-24-4-22-7-8(20-3-21-9(7)24)23-10(25)12(14,15)16/h3-4,6H,2,5H2,1H3,(H,27,28)(H,20,21,23,25)/t6-/m1/s1. The van der Waals surface area contributed by atoms with Gasteiger partial charge in [-0.1, -0.05) is 0 Å². The molecule has 0 bridgehead atoms. The molecule has 0 saturated carbocycles. The first-order valence-electron chi connectivity index (χ1n) is 7.88. The maximum absolute atomic E-state index is 12.4. The molecular weight excluding hydrogens is 467 g/mol. The molecule has 31 heavy (non-hydrogen) atoms. The normalized spacial score (nSPS) is 15.4. The summed E-state index contributed by atoms with van der Waals surface area (Å²) < 4.78 is 94.7. The fraction of sp³-hybridized carbons (Fsp3) is 0.462. The van der Waals surface area contributed by atoms with E-state index >= 15 is 0 Å². The maximum atomic E-state index is 12.4. The topological polar surface area (TPSA) is 146 Å². The number of amides is 1. The van der Waals surface area contributed by atoms with Crippen LogP contribution in [0.2, 0.25) is 0 Å². The van der Waals surface area contributed by atoms with Gasteiger partial charge in [-0.3, -0.25) is 4.79 Å². The lowest BCUT2D eigenvalue weighted by atomic mass is 10.4. The van der Waals surface area contributed by atoms with Crippen LogP contribution in [0.25, 0.3) is 11.2 Å². The van der Waals surface area contributed by atoms with Crippen LogP contribution in [0.15, 0.2) is 12.7 Å². The number of nitrogens with one attached hydrogen (secondary N) is 1. The number of aromatic nitrogens is 4. The predicted molar refractivity (Wildman–Crippen MR) is 87.4 cm³/mol. The number of hydrogen-bond donors (Lipinski definition) is 2. The van der Waals surface area contributed by atoms with Crippen molar-refractivity contribution < 1.29 is 54.7 Å². The van der Waals surface area contributed by atoms with Crippen molar-refractivity contribution in [3.05, 3.63) is 12.7 Å². The molecule has 2 atom stereocenters. The molecule has 18 heteroatoms. The molecule has 0 aliphatic carbocycles. The first-order chi connectivity index (χ1) is 14.1. The van der Waals surface area contributed by atoms with Gasteiger partial charge in [-0.15, -0.1) is 0 Å². The van der Waals surface area contributed by atoms with Crippen molar-refractivity contribution >= 4 is 36.5 Å². The molecule has 0 spiro atoms. The number of carbonyl (C=O) groups excluding carboxylic acids is 2. The molecule has 0 fully saturated rings. The third-order valence-electron chi connectivity index (χ3n) is 3.32. The van der Waals surface area contributed by atoms with Crippen LogP contribution in [0.4, 0.5) is 32.2 Å². The van der Waals surface area contributed by atoms with Crippen LogP contribution in [0, 0.1) is 0 Å². The monoisotopic (exact) mass is 479 g/mol. The molecule has 2 rings (SSSR count). The number of carbonyl (C=O) groups is 2. The molecule has 2 heterocycles. The Morgan fingerprint density at radius 3 is 2.42 bits per heavy atom. The van der Waals surface area contributed by atoms with Crippen LogP contribution in [0.1, 0.15) is 6.92 Å². The average molecular weight is 479 g/mol. The van der Waals surface area contributed by atoms with Crippen molar-refractivity contribution in [3.8, 4) is 0 Å². The van der Waals surface area contributed by atoms with Gasteiger partial charge in [0.1, 0.15) is 6.33 Å². The van der Waals surface area contributed by atoms with Gasteiger partial charge in [0.25, 0.3) is 0 Å². The Labute approximate surface area is 167 Å². The van der Waals surface area contributed by atoms with Crippen molar-refractivity contribution in [2.75, 3.05) is 11.7 Å². The van der Waals surface area contributed by atoms with Gasteiger partial charge < -0.3 is 24.0 Å². The van der Waals surface area contributed by atoms with Crippen LogP contribution in [-0.2, 0) is 30.0 Å². The number of ether oxygens (including phenoxy) is 1. The summed E-state index contributed by atoms with van der Waals surface area (Å²) in [5, 5.41) is 1.53. The van der Waals surface area contributed by atoms with Gasteiger partial charge in [-0.2, -0.15) is 26.3 Å². The maximum Gasteiger partial charge on any atom is 0.491 e. The van der Waals surface area contributed by atoms with Gasteiger partial charge in [-0.05, 0) is 6.92 Å². The second-order valence-corrected chi connectivity index (χ2v) is 7.58. The molecular formula is C13H12F6N5O6P. The highest BCUT2D eigenvalue weighted by molar-refractivity contribution is 7.53. The first-order valence-corrected chi connectivity index (χ1v) is 9.64. The number of imidazole rings is 1. The molecule has 0 aliphatic heterocycles. The van der Waals surface area contributed by atoms with Gasteiger partial charge in [0.15, 0.2) is 23.3 Å². The van der Waals surface area contributed by atoms with E-state index in [2.05, 4.69) is 19.5 Å². The molecule has 2 aromatic rings. The molecule has 11 nitrogen and oxygen atoms in total. The largest absolute Gasteiger partial charge is 0.491 e. The molecule has 0 saturated heterocycles. The second kappa shape index (κ2) is 8.76. The average Bonchev–Trinajstić information content (AvgIpc) is 3.02. The lowest BCUT2D eigenvalue weighted by molar-refractivity contribution is -0.190. The Morgan fingerprint density at radius 2 is 1.84 bits per heavy atom. The zero-order valence-corrected chi connectivity index (χ0v) is 16.0. The first kappa shape index (κ1) is 24.5. The Hall–Kier alpha value is -2.78. The minimum Gasteiger partial charge on any atom is -0.383 e. The number of alkyl halides is 6. The summed E-state index contributed by atoms with van der Waals surface area (Å²) >= 11 is 0. The van der Waals surface area contributed by atoms with Crippen LogP contribution >= 0.6 is 7.60 Å². The summed E-state index contributed by atoms with van der Waals surface area (Å²) in [6, 6.07) is 0. The Bertz CT molecular complexity index is 1020. The van der Waals surface area contributed by atoms with Gasteiger partial charge in [-0.25, -0.2) is 24.3 Å². The van der Waals surface area contributed by atoms with Crippen LogP contribution in [-0.4, -0.2) is 61.1 Å². The van der Waals surface area contributed by atoms with E-state index in [1.54, 1.807) is 0 Å². The molecule has 172 valence electrons. The van der Waals surface area contributed by atoms with E-state index < -0.39 is 50.1 Å². The Morgan fingerprint density at radius 1 is 1.19 bits per heavy atom. The molecule has 0 aliphatic rings. The summed E-state index contributed by atoms with van der Waals surface area (Å²) in [4.78, 5) is 42.1. The predicted octanol–water partition coefficient (Wildman–Crippen LogP) is 1.98. The van der Waals surface area contributed by atoms with E-state index in [0.29, 0.717) is 0 Å². The summed E-state index contributed by atoms with van der Waals surface area (Å²) in [6.45, 7) is 1.14. The van der Waals surface area contributed by atoms with Gasteiger partial charge in [0.05, 0.1) is 19.0 Å². The second-order valence-electron chi connectivity index (χ2n) is 5.86. The van der Waals surface area contributed by atoms with E-state index in [4.69, 9.17) is 4.74 Å². The van der Waals surface area contributed by atoms with Crippen molar-refractivity contribution in [3.63, 3.8) is 0 Å². The van der Waals surface area contributed by atoms with Gasteiger partial charge in [0.2, 0.25) is 0 Å². The van der Waals surface area contributed by atoms with E-state index in [9.17, 15) is 45.4 Å². The Balaban J connectivity index is 2.06. The zero-order valence-electron chi connectivity index (χ0n) is 15.1. The highest BCUT2D eigenvalue weighted by atomic mass is 31.2. The van der Waals surface area contributed by atoms with Crippen molar-refractivity contribution in [1.82, 2.24) is 19.5 Å². The third kappa shape index (κ3) is 6.60. The number of halogens is 6. The summed E-state index contributed by atoms with van der Waals surface area (Å²) in [5.74, 6) is -5.68. The number of fused-ring (bicyclic) bond motifs is 1. The number of hydrogen-bond acceptors (Lipinski definition) is 8. The summed E-state index contributed by atoms with van der Waals surface area (Å²) in [6.07, 6.45) is -11.0.